The molecule has 1 saturated carbocycles. The standard InChI is InChI=1S/C15H20O4S/c16-14(17)13-8-12(10-20-13)19-11-4-7-18-15(9-11)5-2-1-3-6-15/h8,10-11H,1-7,9H2,(H,16,17). The normalized spacial score (nSPS) is 25.5. The van der Waals surface area contributed by atoms with Crippen LogP contribution in [0.15, 0.2) is 11.4 Å². The molecule has 0 amide bonds. The van der Waals surface area contributed by atoms with Crippen molar-refractivity contribution in [2.45, 2.75) is 56.7 Å². The lowest BCUT2D eigenvalue weighted by atomic mass is 9.79. The molecule has 1 spiro atoms. The Hall–Kier alpha value is -1.07. The van der Waals surface area contributed by atoms with E-state index in [0.717, 1.165) is 32.3 Å². The highest BCUT2D eigenvalue weighted by Crippen LogP contribution is 2.39. The van der Waals surface area contributed by atoms with E-state index >= 15 is 0 Å². The van der Waals surface area contributed by atoms with Crippen LogP contribution in [0.3, 0.4) is 0 Å². The lowest BCUT2D eigenvalue weighted by Gasteiger charge is -2.43. The third-order valence-electron chi connectivity index (χ3n) is 4.30. The number of rotatable bonds is 3. The molecule has 1 atom stereocenters. The van der Waals surface area contributed by atoms with Crippen LogP contribution in [-0.4, -0.2) is 29.4 Å². The number of aromatic carboxylic acids is 1. The van der Waals surface area contributed by atoms with Crippen LogP contribution >= 0.6 is 11.3 Å². The summed E-state index contributed by atoms with van der Waals surface area (Å²) in [5.41, 5.74) is 0.0207. The third kappa shape index (κ3) is 2.99. The van der Waals surface area contributed by atoms with Crippen LogP contribution in [-0.2, 0) is 4.74 Å². The van der Waals surface area contributed by atoms with E-state index in [9.17, 15) is 4.79 Å². The van der Waals surface area contributed by atoms with Crippen LogP contribution in [0.2, 0.25) is 0 Å². The Morgan fingerprint density at radius 3 is 2.90 bits per heavy atom. The molecule has 0 radical (unpaired) electrons. The van der Waals surface area contributed by atoms with E-state index in [-0.39, 0.29) is 11.7 Å². The van der Waals surface area contributed by atoms with Crippen LogP contribution in [0.25, 0.3) is 0 Å². The summed E-state index contributed by atoms with van der Waals surface area (Å²) >= 11 is 1.22. The fourth-order valence-electron chi connectivity index (χ4n) is 3.31. The van der Waals surface area contributed by atoms with E-state index in [0.29, 0.717) is 10.6 Å². The maximum atomic E-state index is 10.9. The number of carbonyl (C=O) groups is 1. The lowest BCUT2D eigenvalue weighted by Crippen LogP contribution is -2.45. The fourth-order valence-corrected chi connectivity index (χ4v) is 3.96. The number of thiophene rings is 1. The summed E-state index contributed by atoms with van der Waals surface area (Å²) in [5.74, 6) is -0.203. The van der Waals surface area contributed by atoms with Crippen molar-refractivity contribution in [2.24, 2.45) is 0 Å². The van der Waals surface area contributed by atoms with Crippen LogP contribution in [0.1, 0.15) is 54.6 Å². The monoisotopic (exact) mass is 296 g/mol. The van der Waals surface area contributed by atoms with Gasteiger partial charge in [0.1, 0.15) is 16.7 Å². The van der Waals surface area contributed by atoms with E-state index in [1.165, 1.54) is 30.6 Å². The van der Waals surface area contributed by atoms with Gasteiger partial charge in [-0.25, -0.2) is 4.79 Å². The van der Waals surface area contributed by atoms with Gasteiger partial charge in [-0.2, -0.15) is 0 Å². The Balaban J connectivity index is 1.63. The first-order valence-electron chi connectivity index (χ1n) is 7.29. The molecule has 0 bridgehead atoms. The highest BCUT2D eigenvalue weighted by molar-refractivity contribution is 7.12. The Morgan fingerprint density at radius 2 is 2.20 bits per heavy atom. The minimum atomic E-state index is -0.888. The van der Waals surface area contributed by atoms with Gasteiger partial charge in [0, 0.05) is 24.3 Å². The number of carboxylic acids is 1. The average Bonchev–Trinajstić information content (AvgIpc) is 2.88. The van der Waals surface area contributed by atoms with Crippen LogP contribution < -0.4 is 4.74 Å². The van der Waals surface area contributed by atoms with Gasteiger partial charge in [0.25, 0.3) is 0 Å². The minimum absolute atomic E-state index is 0.0207. The SMILES string of the molecule is O=C(O)c1cc(OC2CCOC3(CCCCC3)C2)cs1. The van der Waals surface area contributed by atoms with Crippen molar-refractivity contribution in [3.63, 3.8) is 0 Å². The van der Waals surface area contributed by atoms with Crippen LogP contribution in [0.5, 0.6) is 5.75 Å². The minimum Gasteiger partial charge on any atom is -0.489 e. The molecule has 1 aliphatic heterocycles. The second-order valence-electron chi connectivity index (χ2n) is 5.78. The molecule has 1 aliphatic carbocycles. The molecule has 1 saturated heterocycles. The molecular weight excluding hydrogens is 276 g/mol. The molecule has 1 aromatic heterocycles. The first-order valence-corrected chi connectivity index (χ1v) is 8.17. The molecule has 1 aromatic rings. The maximum Gasteiger partial charge on any atom is 0.346 e. The summed E-state index contributed by atoms with van der Waals surface area (Å²) in [6.45, 7) is 0.751. The summed E-state index contributed by atoms with van der Waals surface area (Å²) in [6, 6.07) is 1.62. The van der Waals surface area contributed by atoms with Gasteiger partial charge >= 0.3 is 5.97 Å². The first kappa shape index (κ1) is 13.9. The van der Waals surface area contributed by atoms with Gasteiger partial charge in [-0.15, -0.1) is 11.3 Å². The molecule has 0 aromatic carbocycles. The summed E-state index contributed by atoms with van der Waals surface area (Å²) in [7, 11) is 0. The Kier molecular flexibility index (Phi) is 3.98. The van der Waals surface area contributed by atoms with E-state index in [2.05, 4.69) is 0 Å². The summed E-state index contributed by atoms with van der Waals surface area (Å²) < 4.78 is 12.0. The molecule has 20 heavy (non-hydrogen) atoms. The number of ether oxygens (including phenoxy) is 2. The number of hydrogen-bond acceptors (Lipinski definition) is 4. The van der Waals surface area contributed by atoms with Crippen molar-refractivity contribution in [1.29, 1.82) is 0 Å². The molecular formula is C15H20O4S. The Morgan fingerprint density at radius 1 is 1.40 bits per heavy atom. The molecule has 2 fully saturated rings. The molecule has 5 heteroatoms. The highest BCUT2D eigenvalue weighted by atomic mass is 32.1. The van der Waals surface area contributed by atoms with E-state index in [4.69, 9.17) is 14.6 Å². The molecule has 3 rings (SSSR count). The molecule has 1 unspecified atom stereocenters. The molecule has 4 nitrogen and oxygen atoms in total. The zero-order valence-electron chi connectivity index (χ0n) is 11.5. The van der Waals surface area contributed by atoms with E-state index in [1.807, 2.05) is 0 Å². The molecule has 110 valence electrons. The summed E-state index contributed by atoms with van der Waals surface area (Å²) in [5, 5.41) is 10.7. The lowest BCUT2D eigenvalue weighted by molar-refractivity contribution is -0.129. The predicted molar refractivity (Wildman–Crippen MR) is 76.7 cm³/mol. The van der Waals surface area contributed by atoms with Crippen molar-refractivity contribution in [1.82, 2.24) is 0 Å². The zero-order chi connectivity index (χ0) is 14.0. The summed E-state index contributed by atoms with van der Waals surface area (Å²) in [6.07, 6.45) is 8.04. The topological polar surface area (TPSA) is 55.8 Å². The van der Waals surface area contributed by atoms with E-state index < -0.39 is 5.97 Å². The number of hydrogen-bond donors (Lipinski definition) is 1. The predicted octanol–water partition coefficient (Wildman–Crippen LogP) is 3.71. The maximum absolute atomic E-state index is 10.9. The zero-order valence-corrected chi connectivity index (χ0v) is 12.3. The molecule has 2 aliphatic rings. The highest BCUT2D eigenvalue weighted by Gasteiger charge is 2.39. The van der Waals surface area contributed by atoms with Crippen molar-refractivity contribution >= 4 is 17.3 Å². The van der Waals surface area contributed by atoms with Gasteiger partial charge in [0.2, 0.25) is 0 Å². The van der Waals surface area contributed by atoms with Gasteiger partial charge < -0.3 is 14.6 Å². The Bertz CT molecular complexity index is 470. The van der Waals surface area contributed by atoms with Crippen LogP contribution in [0, 0.1) is 0 Å². The quantitative estimate of drug-likeness (QED) is 0.924. The Labute approximate surface area is 122 Å². The van der Waals surface area contributed by atoms with Crippen molar-refractivity contribution in [2.75, 3.05) is 6.61 Å². The van der Waals surface area contributed by atoms with Crippen LogP contribution in [0.4, 0.5) is 0 Å². The fraction of sp³-hybridized carbons (Fsp3) is 0.667. The first-order chi connectivity index (χ1) is 9.67. The average molecular weight is 296 g/mol. The van der Waals surface area contributed by atoms with Gasteiger partial charge in [0.15, 0.2) is 0 Å². The van der Waals surface area contributed by atoms with Gasteiger partial charge in [0.05, 0.1) is 12.2 Å². The third-order valence-corrected chi connectivity index (χ3v) is 5.20. The van der Waals surface area contributed by atoms with E-state index in [1.54, 1.807) is 11.4 Å². The molecule has 2 heterocycles. The van der Waals surface area contributed by atoms with Crippen molar-refractivity contribution in [3.8, 4) is 5.75 Å². The number of carboxylic acid groups (broad SMARTS) is 1. The van der Waals surface area contributed by atoms with Gasteiger partial charge in [-0.1, -0.05) is 19.3 Å². The summed E-state index contributed by atoms with van der Waals surface area (Å²) in [4.78, 5) is 11.2. The second-order valence-corrected chi connectivity index (χ2v) is 6.69. The van der Waals surface area contributed by atoms with Crippen molar-refractivity contribution in [3.05, 3.63) is 16.3 Å². The van der Waals surface area contributed by atoms with Gasteiger partial charge in [-0.3, -0.25) is 0 Å². The van der Waals surface area contributed by atoms with Crippen molar-refractivity contribution < 1.29 is 19.4 Å². The molecule has 1 N–H and O–H groups in total. The smallest absolute Gasteiger partial charge is 0.346 e. The van der Waals surface area contributed by atoms with Gasteiger partial charge in [-0.05, 0) is 12.8 Å². The second kappa shape index (κ2) is 5.74. The largest absolute Gasteiger partial charge is 0.489 e.